The summed E-state index contributed by atoms with van der Waals surface area (Å²) in [5.74, 6) is 2.58. The standard InChI is InChI=1S/C10H10N2O2/c1-4-7(2)14-10-6-11-9(5-12-10)8(3)13/h1,5-7,13H,3H2,2H3/t7-/m1/s1. The van der Waals surface area contributed by atoms with Crippen molar-refractivity contribution >= 4 is 5.76 Å². The van der Waals surface area contributed by atoms with Gasteiger partial charge in [-0.2, -0.15) is 0 Å². The summed E-state index contributed by atoms with van der Waals surface area (Å²) in [5.41, 5.74) is 0.311. The molecule has 0 aliphatic rings. The lowest BCUT2D eigenvalue weighted by Crippen LogP contribution is -2.09. The van der Waals surface area contributed by atoms with Crippen molar-refractivity contribution < 1.29 is 9.84 Å². The first-order chi connectivity index (χ1) is 6.63. The van der Waals surface area contributed by atoms with Crippen LogP contribution in [0.4, 0.5) is 0 Å². The molecular formula is C10H10N2O2. The molecule has 0 aromatic carbocycles. The number of aliphatic hydroxyl groups excluding tert-OH is 1. The smallest absolute Gasteiger partial charge is 0.233 e. The first-order valence-electron chi connectivity index (χ1n) is 3.96. The Labute approximate surface area is 82.3 Å². The van der Waals surface area contributed by atoms with Gasteiger partial charge in [0.05, 0.1) is 12.4 Å². The van der Waals surface area contributed by atoms with E-state index >= 15 is 0 Å². The number of nitrogens with zero attached hydrogens (tertiary/aromatic N) is 2. The summed E-state index contributed by atoms with van der Waals surface area (Å²) < 4.78 is 5.18. The van der Waals surface area contributed by atoms with Crippen LogP contribution in [0.1, 0.15) is 12.6 Å². The van der Waals surface area contributed by atoms with Crippen molar-refractivity contribution in [2.45, 2.75) is 13.0 Å². The van der Waals surface area contributed by atoms with Crippen LogP contribution in [0.5, 0.6) is 5.88 Å². The second kappa shape index (κ2) is 4.28. The minimum atomic E-state index is -0.354. The van der Waals surface area contributed by atoms with Crippen LogP contribution in [0.15, 0.2) is 19.0 Å². The second-order valence-corrected chi connectivity index (χ2v) is 2.61. The maximum Gasteiger partial charge on any atom is 0.233 e. The molecule has 4 nitrogen and oxygen atoms in total. The van der Waals surface area contributed by atoms with Gasteiger partial charge >= 0.3 is 0 Å². The summed E-state index contributed by atoms with van der Waals surface area (Å²) in [4.78, 5) is 7.75. The third-order valence-corrected chi connectivity index (χ3v) is 1.46. The van der Waals surface area contributed by atoms with Gasteiger partial charge in [-0.1, -0.05) is 12.5 Å². The Hall–Kier alpha value is -2.02. The van der Waals surface area contributed by atoms with Crippen molar-refractivity contribution in [3.63, 3.8) is 0 Å². The Kier molecular flexibility index (Phi) is 3.08. The fourth-order valence-corrected chi connectivity index (χ4v) is 0.741. The van der Waals surface area contributed by atoms with Crippen LogP contribution in [-0.4, -0.2) is 21.2 Å². The molecule has 1 aromatic heterocycles. The predicted octanol–water partition coefficient (Wildman–Crippen LogP) is 1.41. The molecule has 0 spiro atoms. The largest absolute Gasteiger partial charge is 0.506 e. The molecule has 0 saturated heterocycles. The number of hydrogen-bond acceptors (Lipinski definition) is 4. The first kappa shape index (κ1) is 10.1. The molecule has 0 aliphatic heterocycles. The summed E-state index contributed by atoms with van der Waals surface area (Å²) in [6.45, 7) is 5.03. The van der Waals surface area contributed by atoms with Gasteiger partial charge in [0.1, 0.15) is 11.5 Å². The molecule has 0 saturated carbocycles. The average molecular weight is 190 g/mol. The number of aromatic nitrogens is 2. The zero-order valence-corrected chi connectivity index (χ0v) is 7.77. The molecule has 0 unspecified atom stereocenters. The quantitative estimate of drug-likeness (QED) is 0.578. The number of ether oxygens (including phenoxy) is 1. The van der Waals surface area contributed by atoms with Crippen molar-refractivity contribution in [3.05, 3.63) is 24.7 Å². The molecule has 1 N–H and O–H groups in total. The summed E-state index contributed by atoms with van der Waals surface area (Å²) in [6, 6.07) is 0. The van der Waals surface area contributed by atoms with Crippen LogP contribution in [0.25, 0.3) is 5.76 Å². The zero-order valence-electron chi connectivity index (χ0n) is 7.77. The van der Waals surface area contributed by atoms with Crippen molar-refractivity contribution in [1.29, 1.82) is 0 Å². The van der Waals surface area contributed by atoms with Gasteiger partial charge < -0.3 is 9.84 Å². The summed E-state index contributed by atoms with van der Waals surface area (Å²) in [6.07, 6.45) is 7.51. The number of rotatable bonds is 3. The van der Waals surface area contributed by atoms with Crippen LogP contribution >= 0.6 is 0 Å². The van der Waals surface area contributed by atoms with E-state index in [2.05, 4.69) is 22.5 Å². The van der Waals surface area contributed by atoms with Gasteiger partial charge in [0.15, 0.2) is 6.10 Å². The van der Waals surface area contributed by atoms with E-state index in [4.69, 9.17) is 16.3 Å². The van der Waals surface area contributed by atoms with Crippen LogP contribution < -0.4 is 4.74 Å². The Bertz CT molecular complexity index is 365. The highest BCUT2D eigenvalue weighted by atomic mass is 16.5. The molecule has 1 atom stereocenters. The van der Waals surface area contributed by atoms with E-state index in [-0.39, 0.29) is 11.9 Å². The maximum atomic E-state index is 8.97. The topological polar surface area (TPSA) is 55.2 Å². The van der Waals surface area contributed by atoms with E-state index in [1.165, 1.54) is 12.4 Å². The number of terminal acetylenes is 1. The molecule has 0 bridgehead atoms. The minimum Gasteiger partial charge on any atom is -0.506 e. The van der Waals surface area contributed by atoms with Crippen molar-refractivity contribution in [1.82, 2.24) is 9.97 Å². The van der Waals surface area contributed by atoms with Crippen molar-refractivity contribution in [2.24, 2.45) is 0 Å². The van der Waals surface area contributed by atoms with E-state index in [1.54, 1.807) is 6.92 Å². The lowest BCUT2D eigenvalue weighted by molar-refractivity contribution is 0.266. The number of hydrogen-bond donors (Lipinski definition) is 1. The summed E-state index contributed by atoms with van der Waals surface area (Å²) >= 11 is 0. The fraction of sp³-hybridized carbons (Fsp3) is 0.200. The van der Waals surface area contributed by atoms with Crippen molar-refractivity contribution in [2.75, 3.05) is 0 Å². The Morgan fingerprint density at radius 2 is 2.36 bits per heavy atom. The third-order valence-electron chi connectivity index (χ3n) is 1.46. The molecular weight excluding hydrogens is 180 g/mol. The molecule has 1 aromatic rings. The predicted molar refractivity (Wildman–Crippen MR) is 52.6 cm³/mol. The summed E-state index contributed by atoms with van der Waals surface area (Å²) in [5, 5.41) is 8.97. The van der Waals surface area contributed by atoms with E-state index in [0.717, 1.165) is 0 Å². The van der Waals surface area contributed by atoms with Gasteiger partial charge in [-0.3, -0.25) is 0 Å². The van der Waals surface area contributed by atoms with E-state index in [0.29, 0.717) is 11.6 Å². The van der Waals surface area contributed by atoms with Crippen LogP contribution in [-0.2, 0) is 0 Å². The average Bonchev–Trinajstić information content (AvgIpc) is 2.18. The Morgan fingerprint density at radius 1 is 1.64 bits per heavy atom. The van der Waals surface area contributed by atoms with Crippen molar-refractivity contribution in [3.8, 4) is 18.2 Å². The van der Waals surface area contributed by atoms with Crippen LogP contribution in [0, 0.1) is 12.3 Å². The fourth-order valence-electron chi connectivity index (χ4n) is 0.741. The molecule has 0 amide bonds. The zero-order chi connectivity index (χ0) is 10.6. The van der Waals surface area contributed by atoms with Gasteiger partial charge in [-0.25, -0.2) is 9.97 Å². The molecule has 72 valence electrons. The minimum absolute atomic E-state index is 0.131. The highest BCUT2D eigenvalue weighted by molar-refractivity contribution is 5.50. The summed E-state index contributed by atoms with van der Waals surface area (Å²) in [7, 11) is 0. The van der Waals surface area contributed by atoms with E-state index < -0.39 is 0 Å². The third kappa shape index (κ3) is 2.49. The molecule has 4 heteroatoms. The molecule has 0 aliphatic carbocycles. The monoisotopic (exact) mass is 190 g/mol. The second-order valence-electron chi connectivity index (χ2n) is 2.61. The molecule has 1 heterocycles. The Balaban J connectivity index is 2.75. The first-order valence-corrected chi connectivity index (χ1v) is 3.96. The Morgan fingerprint density at radius 3 is 2.79 bits per heavy atom. The molecule has 0 radical (unpaired) electrons. The molecule has 14 heavy (non-hydrogen) atoms. The molecule has 0 fully saturated rings. The molecule has 1 rings (SSSR count). The SMILES string of the molecule is C#C[C@@H](C)Oc1cnc(C(=C)O)cn1. The van der Waals surface area contributed by atoms with Gasteiger partial charge in [0, 0.05) is 0 Å². The lowest BCUT2D eigenvalue weighted by Gasteiger charge is -2.06. The van der Waals surface area contributed by atoms with Crippen LogP contribution in [0.3, 0.4) is 0 Å². The van der Waals surface area contributed by atoms with Gasteiger partial charge in [0.2, 0.25) is 5.88 Å². The van der Waals surface area contributed by atoms with Gasteiger partial charge in [-0.15, -0.1) is 6.42 Å². The highest BCUT2D eigenvalue weighted by Gasteiger charge is 2.03. The van der Waals surface area contributed by atoms with Gasteiger partial charge in [0.25, 0.3) is 0 Å². The number of aliphatic hydroxyl groups is 1. The van der Waals surface area contributed by atoms with Crippen LogP contribution in [0.2, 0.25) is 0 Å². The van der Waals surface area contributed by atoms with E-state index in [9.17, 15) is 0 Å². The van der Waals surface area contributed by atoms with Gasteiger partial charge in [-0.05, 0) is 6.92 Å². The normalized spacial score (nSPS) is 11.4. The highest BCUT2D eigenvalue weighted by Crippen LogP contribution is 2.09. The lowest BCUT2D eigenvalue weighted by atomic mass is 10.4. The maximum absolute atomic E-state index is 8.97. The van der Waals surface area contributed by atoms with E-state index in [1.807, 2.05) is 0 Å².